The Balaban J connectivity index is 2.73. The molecular formula is C15H15NO2. The maximum Gasteiger partial charge on any atom is 0.197 e. The van der Waals surface area contributed by atoms with Gasteiger partial charge in [-0.1, -0.05) is 18.2 Å². The van der Waals surface area contributed by atoms with E-state index in [1.165, 1.54) is 6.07 Å². The highest BCUT2D eigenvalue weighted by Gasteiger charge is 2.07. The summed E-state index contributed by atoms with van der Waals surface area (Å²) in [4.78, 5) is 15.4. The van der Waals surface area contributed by atoms with Crippen molar-refractivity contribution in [1.82, 2.24) is 4.98 Å². The lowest BCUT2D eigenvalue weighted by Gasteiger charge is -2.04. The first-order chi connectivity index (χ1) is 8.67. The molecule has 0 saturated carbocycles. The van der Waals surface area contributed by atoms with E-state index in [1.54, 1.807) is 18.3 Å². The fraction of sp³-hybridized carbons (Fsp3) is 0.133. The van der Waals surface area contributed by atoms with Crippen LogP contribution in [0.4, 0.5) is 0 Å². The van der Waals surface area contributed by atoms with Crippen LogP contribution in [0.3, 0.4) is 0 Å². The van der Waals surface area contributed by atoms with E-state index in [2.05, 4.69) is 4.98 Å². The SMILES string of the molecule is C/C=C\C(=C/C)c1c[nH]c2cc(O)ccc2c1=O. The van der Waals surface area contributed by atoms with Crippen LogP contribution in [-0.4, -0.2) is 10.1 Å². The van der Waals surface area contributed by atoms with Gasteiger partial charge < -0.3 is 10.1 Å². The number of allylic oxidation sites excluding steroid dienone is 4. The smallest absolute Gasteiger partial charge is 0.197 e. The fourth-order valence-electron chi connectivity index (χ4n) is 1.95. The van der Waals surface area contributed by atoms with Gasteiger partial charge in [-0.3, -0.25) is 4.79 Å². The van der Waals surface area contributed by atoms with E-state index in [-0.39, 0.29) is 11.2 Å². The van der Waals surface area contributed by atoms with Gasteiger partial charge in [0.15, 0.2) is 5.43 Å². The van der Waals surface area contributed by atoms with E-state index in [1.807, 2.05) is 32.1 Å². The van der Waals surface area contributed by atoms with Crippen LogP contribution >= 0.6 is 0 Å². The molecule has 0 amide bonds. The predicted molar refractivity (Wildman–Crippen MR) is 74.7 cm³/mol. The van der Waals surface area contributed by atoms with Gasteiger partial charge in [-0.15, -0.1) is 0 Å². The average Bonchev–Trinajstić information content (AvgIpc) is 2.37. The van der Waals surface area contributed by atoms with Gasteiger partial charge in [0.1, 0.15) is 5.75 Å². The molecule has 0 unspecified atom stereocenters. The summed E-state index contributed by atoms with van der Waals surface area (Å²) in [6.45, 7) is 3.81. The molecular weight excluding hydrogens is 226 g/mol. The monoisotopic (exact) mass is 241 g/mol. The summed E-state index contributed by atoms with van der Waals surface area (Å²) in [6.07, 6.45) is 7.38. The van der Waals surface area contributed by atoms with Gasteiger partial charge >= 0.3 is 0 Å². The summed E-state index contributed by atoms with van der Waals surface area (Å²) in [5, 5.41) is 9.96. The highest BCUT2D eigenvalue weighted by atomic mass is 16.3. The molecule has 0 aliphatic heterocycles. The van der Waals surface area contributed by atoms with Gasteiger partial charge in [-0.2, -0.15) is 0 Å². The summed E-state index contributed by atoms with van der Waals surface area (Å²) in [7, 11) is 0. The number of phenols is 1. The molecule has 0 fully saturated rings. The second-order valence-corrected chi connectivity index (χ2v) is 4.01. The Hall–Kier alpha value is -2.29. The molecule has 0 aliphatic rings. The van der Waals surface area contributed by atoms with E-state index >= 15 is 0 Å². The Morgan fingerprint density at radius 3 is 2.78 bits per heavy atom. The van der Waals surface area contributed by atoms with E-state index in [9.17, 15) is 9.90 Å². The topological polar surface area (TPSA) is 53.1 Å². The minimum absolute atomic E-state index is 0.0325. The molecule has 3 heteroatoms. The number of aromatic amines is 1. The maximum absolute atomic E-state index is 12.3. The minimum atomic E-state index is -0.0325. The van der Waals surface area contributed by atoms with Crippen molar-refractivity contribution in [3.63, 3.8) is 0 Å². The Bertz CT molecular complexity index is 693. The Labute approximate surface area is 105 Å². The molecule has 1 aromatic carbocycles. The molecule has 18 heavy (non-hydrogen) atoms. The molecule has 92 valence electrons. The molecule has 2 rings (SSSR count). The zero-order valence-corrected chi connectivity index (χ0v) is 10.4. The van der Waals surface area contributed by atoms with E-state index in [0.29, 0.717) is 16.5 Å². The van der Waals surface area contributed by atoms with Crippen molar-refractivity contribution in [1.29, 1.82) is 0 Å². The van der Waals surface area contributed by atoms with Crippen LogP contribution in [0.15, 0.2) is 47.4 Å². The van der Waals surface area contributed by atoms with E-state index < -0.39 is 0 Å². The van der Waals surface area contributed by atoms with Crippen molar-refractivity contribution in [3.8, 4) is 5.75 Å². The average molecular weight is 241 g/mol. The third-order valence-electron chi connectivity index (χ3n) is 2.83. The van der Waals surface area contributed by atoms with Crippen LogP contribution in [0.1, 0.15) is 19.4 Å². The van der Waals surface area contributed by atoms with Crippen molar-refractivity contribution in [2.75, 3.05) is 0 Å². The number of H-pyrrole nitrogens is 1. The van der Waals surface area contributed by atoms with Crippen LogP contribution in [0.25, 0.3) is 16.5 Å². The van der Waals surface area contributed by atoms with Gasteiger partial charge in [0, 0.05) is 23.2 Å². The first-order valence-corrected chi connectivity index (χ1v) is 5.81. The number of fused-ring (bicyclic) bond motifs is 1. The maximum atomic E-state index is 12.3. The minimum Gasteiger partial charge on any atom is -0.508 e. The quantitative estimate of drug-likeness (QED) is 0.793. The number of pyridine rings is 1. The molecule has 1 heterocycles. The predicted octanol–water partition coefficient (Wildman–Crippen LogP) is 3.21. The van der Waals surface area contributed by atoms with Gasteiger partial charge in [-0.05, 0) is 31.6 Å². The summed E-state index contributed by atoms with van der Waals surface area (Å²) in [6, 6.07) is 4.70. The van der Waals surface area contributed by atoms with Crippen molar-refractivity contribution in [3.05, 3.63) is 58.4 Å². The third-order valence-corrected chi connectivity index (χ3v) is 2.83. The van der Waals surface area contributed by atoms with Crippen LogP contribution in [0, 0.1) is 0 Å². The van der Waals surface area contributed by atoms with E-state index in [0.717, 1.165) is 5.57 Å². The second-order valence-electron chi connectivity index (χ2n) is 4.01. The number of aromatic hydroxyl groups is 1. The molecule has 0 bridgehead atoms. The lowest BCUT2D eigenvalue weighted by atomic mass is 10.0. The zero-order valence-electron chi connectivity index (χ0n) is 10.4. The third kappa shape index (κ3) is 2.07. The standard InChI is InChI=1S/C15H15NO2/c1-3-5-10(4-2)13-9-16-14-8-11(17)6-7-12(14)15(13)18/h3-9,17H,1-2H3,(H,16,18)/b5-3-,10-4+. The summed E-state index contributed by atoms with van der Waals surface area (Å²) in [5.41, 5.74) is 2.12. The highest BCUT2D eigenvalue weighted by molar-refractivity contribution is 5.85. The van der Waals surface area contributed by atoms with Gasteiger partial charge in [0.25, 0.3) is 0 Å². The summed E-state index contributed by atoms with van der Waals surface area (Å²) >= 11 is 0. The molecule has 0 aliphatic carbocycles. The van der Waals surface area contributed by atoms with E-state index in [4.69, 9.17) is 0 Å². The fourth-order valence-corrected chi connectivity index (χ4v) is 1.95. The van der Waals surface area contributed by atoms with Crippen LogP contribution in [-0.2, 0) is 0 Å². The van der Waals surface area contributed by atoms with Gasteiger partial charge in [0.2, 0.25) is 0 Å². The second kappa shape index (κ2) is 4.92. The number of nitrogens with one attached hydrogen (secondary N) is 1. The normalized spacial score (nSPS) is 12.4. The molecule has 0 atom stereocenters. The van der Waals surface area contributed by atoms with Crippen molar-refractivity contribution in [2.24, 2.45) is 0 Å². The van der Waals surface area contributed by atoms with Gasteiger partial charge in [-0.25, -0.2) is 0 Å². The van der Waals surface area contributed by atoms with Crippen LogP contribution in [0.2, 0.25) is 0 Å². The van der Waals surface area contributed by atoms with Crippen molar-refractivity contribution in [2.45, 2.75) is 13.8 Å². The first-order valence-electron chi connectivity index (χ1n) is 5.81. The molecule has 3 nitrogen and oxygen atoms in total. The first kappa shape index (κ1) is 12.2. The lowest BCUT2D eigenvalue weighted by Crippen LogP contribution is -2.08. The largest absolute Gasteiger partial charge is 0.508 e. The molecule has 0 spiro atoms. The Morgan fingerprint density at radius 2 is 2.11 bits per heavy atom. The molecule has 0 saturated heterocycles. The molecule has 1 aromatic heterocycles. The number of benzene rings is 1. The molecule has 2 N–H and O–H groups in total. The molecule has 0 radical (unpaired) electrons. The Kier molecular flexibility index (Phi) is 3.33. The highest BCUT2D eigenvalue weighted by Crippen LogP contribution is 2.18. The molecule has 2 aromatic rings. The summed E-state index contributed by atoms with van der Waals surface area (Å²) in [5.74, 6) is 0.144. The number of hydrogen-bond donors (Lipinski definition) is 2. The van der Waals surface area contributed by atoms with Crippen LogP contribution < -0.4 is 5.43 Å². The van der Waals surface area contributed by atoms with Crippen molar-refractivity contribution >= 4 is 16.5 Å². The van der Waals surface area contributed by atoms with Crippen LogP contribution in [0.5, 0.6) is 5.75 Å². The number of phenolic OH excluding ortho intramolecular Hbond substituents is 1. The Morgan fingerprint density at radius 1 is 1.33 bits per heavy atom. The number of aromatic nitrogens is 1. The van der Waals surface area contributed by atoms with Gasteiger partial charge in [0.05, 0.1) is 5.52 Å². The van der Waals surface area contributed by atoms with Crippen molar-refractivity contribution < 1.29 is 5.11 Å². The lowest BCUT2D eigenvalue weighted by molar-refractivity contribution is 0.476. The summed E-state index contributed by atoms with van der Waals surface area (Å²) < 4.78 is 0. The number of rotatable bonds is 2. The zero-order chi connectivity index (χ0) is 13.1. The number of hydrogen-bond acceptors (Lipinski definition) is 2.